The van der Waals surface area contributed by atoms with Gasteiger partial charge in [-0.25, -0.2) is 0 Å². The number of anilines is 1. The van der Waals surface area contributed by atoms with Crippen LogP contribution in [0.25, 0.3) is 12.2 Å². The van der Waals surface area contributed by atoms with Crippen LogP contribution in [0.15, 0.2) is 96.7 Å². The summed E-state index contributed by atoms with van der Waals surface area (Å²) in [6.45, 7) is 0. The summed E-state index contributed by atoms with van der Waals surface area (Å²) >= 11 is 12.2. The highest BCUT2D eigenvalue weighted by atomic mass is 35.5. The Morgan fingerprint density at radius 2 is 1.41 bits per heavy atom. The van der Waals surface area contributed by atoms with E-state index in [1.54, 1.807) is 91.0 Å². The summed E-state index contributed by atoms with van der Waals surface area (Å²) in [5.41, 5.74) is 2.23. The van der Waals surface area contributed by atoms with Crippen molar-refractivity contribution in [3.63, 3.8) is 0 Å². The highest BCUT2D eigenvalue weighted by Gasteiger charge is 2.18. The molecule has 4 rings (SSSR count). The second-order valence-electron chi connectivity index (χ2n) is 9.21. The zero-order chi connectivity index (χ0) is 31.6. The van der Waals surface area contributed by atoms with E-state index < -0.39 is 11.8 Å². The maximum absolute atomic E-state index is 13.5. The lowest BCUT2D eigenvalue weighted by Crippen LogP contribution is -2.30. The first kappa shape index (κ1) is 31.9. The van der Waals surface area contributed by atoms with Crippen LogP contribution >= 0.6 is 23.2 Å². The SMILES string of the molecule is COc1cc(/C=C(\NC(=O)c2ccccc2)C(=O)Nc2ccc(C(=O)/C=C/c3cccc(Cl)c3Cl)cc2)cc(OC)c1OC. The van der Waals surface area contributed by atoms with E-state index in [0.717, 1.165) is 0 Å². The summed E-state index contributed by atoms with van der Waals surface area (Å²) in [6.07, 6.45) is 4.47. The lowest BCUT2D eigenvalue weighted by Gasteiger charge is -2.14. The summed E-state index contributed by atoms with van der Waals surface area (Å²) in [5.74, 6) is -0.216. The molecule has 0 aromatic heterocycles. The molecular formula is C34H28Cl2N2O6. The van der Waals surface area contributed by atoms with Crippen molar-refractivity contribution in [2.75, 3.05) is 26.6 Å². The third-order valence-electron chi connectivity index (χ3n) is 6.35. The van der Waals surface area contributed by atoms with Crippen LogP contribution in [0.5, 0.6) is 17.2 Å². The summed E-state index contributed by atoms with van der Waals surface area (Å²) in [5, 5.41) is 6.20. The first-order chi connectivity index (χ1) is 21.2. The number of rotatable bonds is 11. The van der Waals surface area contributed by atoms with Gasteiger partial charge in [-0.15, -0.1) is 0 Å². The number of carbonyl (C=O) groups is 3. The van der Waals surface area contributed by atoms with Gasteiger partial charge in [-0.05, 0) is 84.0 Å². The molecule has 0 saturated carbocycles. The molecule has 0 unspecified atom stereocenters. The van der Waals surface area contributed by atoms with Crippen molar-refractivity contribution in [3.05, 3.63) is 129 Å². The van der Waals surface area contributed by atoms with Gasteiger partial charge in [-0.1, -0.05) is 53.5 Å². The van der Waals surface area contributed by atoms with Gasteiger partial charge in [-0.2, -0.15) is 0 Å². The van der Waals surface area contributed by atoms with Crippen molar-refractivity contribution in [2.24, 2.45) is 0 Å². The van der Waals surface area contributed by atoms with E-state index in [0.29, 0.717) is 55.2 Å². The Morgan fingerprint density at radius 1 is 0.750 bits per heavy atom. The molecular weight excluding hydrogens is 603 g/mol. The molecule has 0 aliphatic heterocycles. The van der Waals surface area contributed by atoms with Crippen LogP contribution < -0.4 is 24.8 Å². The number of amides is 2. The third-order valence-corrected chi connectivity index (χ3v) is 7.18. The number of allylic oxidation sites excluding steroid dienone is 1. The molecule has 0 bridgehead atoms. The Morgan fingerprint density at radius 3 is 2.02 bits per heavy atom. The highest BCUT2D eigenvalue weighted by Crippen LogP contribution is 2.38. The van der Waals surface area contributed by atoms with Crippen molar-refractivity contribution in [1.29, 1.82) is 0 Å². The maximum atomic E-state index is 13.5. The van der Waals surface area contributed by atoms with E-state index in [2.05, 4.69) is 10.6 Å². The van der Waals surface area contributed by atoms with Crippen LogP contribution in [0.2, 0.25) is 10.0 Å². The second-order valence-corrected chi connectivity index (χ2v) is 9.99. The van der Waals surface area contributed by atoms with Gasteiger partial charge in [0.2, 0.25) is 5.75 Å². The molecule has 224 valence electrons. The summed E-state index contributed by atoms with van der Waals surface area (Å²) in [6, 6.07) is 23.3. The third kappa shape index (κ3) is 7.86. The molecule has 0 aliphatic rings. The lowest BCUT2D eigenvalue weighted by atomic mass is 10.1. The topological polar surface area (TPSA) is 103 Å². The summed E-state index contributed by atoms with van der Waals surface area (Å²) in [4.78, 5) is 39.2. The monoisotopic (exact) mass is 630 g/mol. The van der Waals surface area contributed by atoms with Crippen LogP contribution in [0.1, 0.15) is 31.8 Å². The predicted molar refractivity (Wildman–Crippen MR) is 173 cm³/mol. The average molecular weight is 632 g/mol. The zero-order valence-electron chi connectivity index (χ0n) is 24.0. The fourth-order valence-electron chi connectivity index (χ4n) is 4.12. The van der Waals surface area contributed by atoms with Crippen molar-refractivity contribution in [3.8, 4) is 17.2 Å². The van der Waals surface area contributed by atoms with Gasteiger partial charge < -0.3 is 24.8 Å². The minimum absolute atomic E-state index is 0.0467. The molecule has 4 aromatic rings. The zero-order valence-corrected chi connectivity index (χ0v) is 25.5. The molecule has 44 heavy (non-hydrogen) atoms. The standard InChI is InChI=1S/C34H28Cl2N2O6/c1-42-29-19-21(20-30(43-2)32(29)44-3)18-27(38-33(40)24-8-5-4-6-9-24)34(41)37-25-15-12-22(13-16-25)28(39)17-14-23-10-7-11-26(35)31(23)36/h4-20H,1-3H3,(H,37,41)(H,38,40)/b17-14+,27-18-. The number of hydrogen-bond donors (Lipinski definition) is 2. The molecule has 2 N–H and O–H groups in total. The smallest absolute Gasteiger partial charge is 0.272 e. The molecule has 0 radical (unpaired) electrons. The number of hydrogen-bond acceptors (Lipinski definition) is 6. The van der Waals surface area contributed by atoms with Crippen molar-refractivity contribution >= 4 is 58.6 Å². The minimum Gasteiger partial charge on any atom is -0.493 e. The van der Waals surface area contributed by atoms with E-state index in [1.807, 2.05) is 0 Å². The first-order valence-electron chi connectivity index (χ1n) is 13.2. The number of halogens is 2. The van der Waals surface area contributed by atoms with Crippen molar-refractivity contribution in [1.82, 2.24) is 5.32 Å². The predicted octanol–water partition coefficient (Wildman–Crippen LogP) is 7.32. The number of methoxy groups -OCH3 is 3. The molecule has 2 amide bonds. The number of nitrogens with one attached hydrogen (secondary N) is 2. The van der Waals surface area contributed by atoms with Gasteiger partial charge in [0.25, 0.3) is 11.8 Å². The van der Waals surface area contributed by atoms with Gasteiger partial charge in [0.05, 0.1) is 31.4 Å². The average Bonchev–Trinajstić information content (AvgIpc) is 3.05. The molecule has 0 heterocycles. The lowest BCUT2D eigenvalue weighted by molar-refractivity contribution is -0.113. The van der Waals surface area contributed by atoms with Crippen LogP contribution in [-0.2, 0) is 4.79 Å². The van der Waals surface area contributed by atoms with Crippen LogP contribution in [-0.4, -0.2) is 38.9 Å². The first-order valence-corrected chi connectivity index (χ1v) is 14.0. The van der Waals surface area contributed by atoms with E-state index in [4.69, 9.17) is 37.4 Å². The fraction of sp³-hybridized carbons (Fsp3) is 0.0882. The largest absolute Gasteiger partial charge is 0.493 e. The van der Waals surface area contributed by atoms with E-state index >= 15 is 0 Å². The molecule has 0 spiro atoms. The molecule has 0 atom stereocenters. The number of ether oxygens (including phenoxy) is 3. The summed E-state index contributed by atoms with van der Waals surface area (Å²) in [7, 11) is 4.44. The Kier molecular flexibility index (Phi) is 10.8. The van der Waals surface area contributed by atoms with Crippen LogP contribution in [0.4, 0.5) is 5.69 Å². The van der Waals surface area contributed by atoms with Crippen LogP contribution in [0.3, 0.4) is 0 Å². The van der Waals surface area contributed by atoms with E-state index in [1.165, 1.54) is 33.5 Å². The molecule has 4 aromatic carbocycles. The second kappa shape index (κ2) is 14.9. The Labute approximate surface area is 264 Å². The minimum atomic E-state index is -0.599. The van der Waals surface area contributed by atoms with E-state index in [9.17, 15) is 14.4 Å². The molecule has 0 saturated heterocycles. The Hall–Kier alpha value is -5.05. The normalized spacial score (nSPS) is 11.2. The Bertz CT molecular complexity index is 1710. The van der Waals surface area contributed by atoms with Gasteiger partial charge in [0.1, 0.15) is 5.70 Å². The van der Waals surface area contributed by atoms with Crippen LogP contribution in [0, 0.1) is 0 Å². The number of carbonyl (C=O) groups excluding carboxylic acids is 3. The molecule has 8 nitrogen and oxygen atoms in total. The fourth-order valence-corrected chi connectivity index (χ4v) is 4.49. The number of benzene rings is 4. The summed E-state index contributed by atoms with van der Waals surface area (Å²) < 4.78 is 16.2. The molecule has 0 aliphatic carbocycles. The van der Waals surface area contributed by atoms with Gasteiger partial charge >= 0.3 is 0 Å². The van der Waals surface area contributed by atoms with Crippen molar-refractivity contribution in [2.45, 2.75) is 0 Å². The van der Waals surface area contributed by atoms with Crippen molar-refractivity contribution < 1.29 is 28.6 Å². The maximum Gasteiger partial charge on any atom is 0.272 e. The quantitative estimate of drug-likeness (QED) is 0.133. The molecule has 0 fully saturated rings. The highest BCUT2D eigenvalue weighted by molar-refractivity contribution is 6.43. The Balaban J connectivity index is 1.58. The van der Waals surface area contributed by atoms with Gasteiger partial charge in [-0.3, -0.25) is 14.4 Å². The van der Waals surface area contributed by atoms with Gasteiger partial charge in [0, 0.05) is 16.8 Å². The molecule has 10 heteroatoms. The number of ketones is 1. The van der Waals surface area contributed by atoms with Gasteiger partial charge in [0.15, 0.2) is 17.3 Å². The van der Waals surface area contributed by atoms with E-state index in [-0.39, 0.29) is 11.5 Å².